The van der Waals surface area contributed by atoms with Crippen molar-refractivity contribution in [3.05, 3.63) is 52.1 Å². The van der Waals surface area contributed by atoms with E-state index in [4.69, 9.17) is 5.73 Å². The van der Waals surface area contributed by atoms with Gasteiger partial charge < -0.3 is 11.1 Å². The molecule has 2 aromatic heterocycles. The molecule has 23 heavy (non-hydrogen) atoms. The molecule has 4 N–H and O–H groups in total. The molecule has 0 aliphatic heterocycles. The molecular formula is C14H13N6O2P. The van der Waals surface area contributed by atoms with Crippen LogP contribution in [-0.4, -0.2) is 25.5 Å². The molecule has 0 spiro atoms. The Morgan fingerprint density at radius 3 is 2.70 bits per heavy atom. The lowest BCUT2D eigenvalue weighted by Gasteiger charge is -2.07. The maximum absolute atomic E-state index is 11.8. The van der Waals surface area contributed by atoms with Gasteiger partial charge in [0, 0.05) is 11.3 Å². The van der Waals surface area contributed by atoms with Gasteiger partial charge in [-0.2, -0.15) is 4.98 Å². The van der Waals surface area contributed by atoms with Crippen LogP contribution in [0.2, 0.25) is 0 Å². The fraction of sp³-hybridized carbons (Fsp3) is 0.0714. The van der Waals surface area contributed by atoms with E-state index in [1.54, 1.807) is 24.3 Å². The fourth-order valence-electron chi connectivity index (χ4n) is 2.00. The number of anilines is 2. The number of carbonyl (C=O) groups is 1. The molecule has 0 aliphatic carbocycles. The van der Waals surface area contributed by atoms with Crippen LogP contribution in [0.5, 0.6) is 0 Å². The minimum atomic E-state index is -0.426. The Balaban J connectivity index is 1.79. The predicted octanol–water partition coefficient (Wildman–Crippen LogP) is 0.923. The highest BCUT2D eigenvalue weighted by atomic mass is 31.0. The van der Waals surface area contributed by atoms with E-state index < -0.39 is 5.56 Å². The number of carbonyl (C=O) groups excluding carboxylic acids is 1. The second-order valence-corrected chi connectivity index (χ2v) is 5.30. The van der Waals surface area contributed by atoms with Gasteiger partial charge in [0.15, 0.2) is 16.7 Å². The van der Waals surface area contributed by atoms with Gasteiger partial charge in [-0.05, 0) is 24.3 Å². The number of hydrogen-bond acceptors (Lipinski definition) is 7. The summed E-state index contributed by atoms with van der Waals surface area (Å²) in [6.45, 7) is 0.376. The van der Waals surface area contributed by atoms with Crippen molar-refractivity contribution < 1.29 is 4.79 Å². The number of fused-ring (bicyclic) bond motifs is 1. The van der Waals surface area contributed by atoms with E-state index >= 15 is 0 Å². The molecule has 0 aliphatic rings. The quantitative estimate of drug-likeness (QED) is 0.608. The monoisotopic (exact) mass is 328 g/mol. The summed E-state index contributed by atoms with van der Waals surface area (Å²) in [5, 5.41) is 3.14. The molecule has 0 saturated carbocycles. The van der Waals surface area contributed by atoms with Crippen LogP contribution in [0.1, 0.15) is 16.1 Å². The Labute approximate surface area is 132 Å². The van der Waals surface area contributed by atoms with E-state index in [1.807, 2.05) is 0 Å². The third-order valence-electron chi connectivity index (χ3n) is 3.13. The number of hydrogen-bond donors (Lipinski definition) is 3. The first kappa shape index (κ1) is 15.1. The van der Waals surface area contributed by atoms with Gasteiger partial charge >= 0.3 is 0 Å². The molecule has 1 aromatic carbocycles. The van der Waals surface area contributed by atoms with Gasteiger partial charge in [0.25, 0.3) is 5.56 Å². The van der Waals surface area contributed by atoms with E-state index in [2.05, 4.69) is 34.5 Å². The van der Waals surface area contributed by atoms with Gasteiger partial charge in [-0.3, -0.25) is 14.6 Å². The smallest absolute Gasteiger partial charge is 0.280 e. The lowest BCUT2D eigenvalue weighted by atomic mass is 10.2. The molecule has 0 saturated heterocycles. The first-order valence-electron chi connectivity index (χ1n) is 6.68. The summed E-state index contributed by atoms with van der Waals surface area (Å²) < 4.78 is 0. The molecule has 0 radical (unpaired) electrons. The zero-order chi connectivity index (χ0) is 16.4. The highest BCUT2D eigenvalue weighted by Crippen LogP contribution is 2.13. The van der Waals surface area contributed by atoms with E-state index in [1.165, 1.54) is 6.20 Å². The van der Waals surface area contributed by atoms with Crippen LogP contribution in [0.15, 0.2) is 35.3 Å². The fourth-order valence-corrected chi connectivity index (χ4v) is 2.19. The average molecular weight is 328 g/mol. The number of aromatic amines is 1. The first-order valence-corrected chi connectivity index (χ1v) is 7.26. The number of nitrogens with zero attached hydrogens (tertiary/aromatic N) is 3. The van der Waals surface area contributed by atoms with Crippen molar-refractivity contribution >= 4 is 37.6 Å². The van der Waals surface area contributed by atoms with Gasteiger partial charge in [-0.15, -0.1) is 0 Å². The summed E-state index contributed by atoms with van der Waals surface area (Å²) in [5.74, 6) is 0.00593. The van der Waals surface area contributed by atoms with Crippen LogP contribution in [0, 0.1) is 0 Å². The predicted molar refractivity (Wildman–Crippen MR) is 90.2 cm³/mol. The SMILES string of the molecule is Nc1nc2ncc(CNc3ccc(C(=O)P)cc3)nc2c(=O)[nH]1. The van der Waals surface area contributed by atoms with Crippen LogP contribution in [-0.2, 0) is 6.54 Å². The number of rotatable bonds is 4. The Morgan fingerprint density at radius 2 is 2.00 bits per heavy atom. The summed E-state index contributed by atoms with van der Waals surface area (Å²) in [7, 11) is 2.13. The van der Waals surface area contributed by atoms with Gasteiger partial charge in [-0.25, -0.2) is 9.97 Å². The van der Waals surface area contributed by atoms with Gasteiger partial charge in [0.05, 0.1) is 18.4 Å². The van der Waals surface area contributed by atoms with Crippen LogP contribution in [0.4, 0.5) is 11.6 Å². The molecule has 1 atom stereocenters. The highest BCUT2D eigenvalue weighted by Gasteiger charge is 2.06. The average Bonchev–Trinajstić information content (AvgIpc) is 2.53. The van der Waals surface area contributed by atoms with Gasteiger partial charge in [0.2, 0.25) is 5.95 Å². The summed E-state index contributed by atoms with van der Waals surface area (Å²) in [6, 6.07) is 7.03. The maximum atomic E-state index is 11.8. The molecule has 9 heteroatoms. The minimum Gasteiger partial charge on any atom is -0.379 e. The zero-order valence-electron chi connectivity index (χ0n) is 11.9. The number of aromatic nitrogens is 4. The number of nitrogen functional groups attached to an aromatic ring is 1. The molecule has 0 bridgehead atoms. The summed E-state index contributed by atoms with van der Waals surface area (Å²) in [6.07, 6.45) is 1.53. The van der Waals surface area contributed by atoms with Crippen molar-refractivity contribution in [2.45, 2.75) is 6.54 Å². The van der Waals surface area contributed by atoms with Gasteiger partial charge in [-0.1, -0.05) is 9.24 Å². The second-order valence-electron chi connectivity index (χ2n) is 4.78. The van der Waals surface area contributed by atoms with Crippen molar-refractivity contribution in [3.63, 3.8) is 0 Å². The Hall–Kier alpha value is -2.86. The van der Waals surface area contributed by atoms with Crippen molar-refractivity contribution in [1.29, 1.82) is 0 Å². The normalized spacial score (nSPS) is 10.7. The standard InChI is InChI=1S/C14H13N6O2P/c15-14-19-11-10(12(21)20-14)18-9(6-17-11)5-16-8-3-1-7(2-4-8)13(22)23/h1-4,6,16H,5,23H2,(H3,15,17,19,20,21). The Morgan fingerprint density at radius 1 is 1.26 bits per heavy atom. The summed E-state index contributed by atoms with van der Waals surface area (Å²) in [5.41, 5.74) is 7.34. The van der Waals surface area contributed by atoms with E-state index in [0.29, 0.717) is 17.8 Å². The summed E-state index contributed by atoms with van der Waals surface area (Å²) >= 11 is 0. The number of nitrogens with two attached hydrogens (primary N) is 1. The molecule has 3 aromatic rings. The third-order valence-corrected chi connectivity index (χ3v) is 3.46. The Bertz CT molecular complexity index is 938. The van der Waals surface area contributed by atoms with Crippen molar-refractivity contribution in [3.8, 4) is 0 Å². The zero-order valence-corrected chi connectivity index (χ0v) is 13.1. The molecule has 1 unspecified atom stereocenters. The molecule has 0 fully saturated rings. The van der Waals surface area contributed by atoms with Crippen molar-refractivity contribution in [1.82, 2.24) is 19.9 Å². The Kier molecular flexibility index (Phi) is 3.99. The van der Waals surface area contributed by atoms with Crippen LogP contribution < -0.4 is 16.6 Å². The molecular weight excluding hydrogens is 315 g/mol. The van der Waals surface area contributed by atoms with Crippen molar-refractivity contribution in [2.24, 2.45) is 0 Å². The molecule has 116 valence electrons. The topological polar surface area (TPSA) is 127 Å². The molecule has 3 rings (SSSR count). The third kappa shape index (κ3) is 3.32. The molecule has 8 nitrogen and oxygen atoms in total. The largest absolute Gasteiger partial charge is 0.379 e. The van der Waals surface area contributed by atoms with Crippen LogP contribution in [0.25, 0.3) is 11.2 Å². The number of benzene rings is 1. The van der Waals surface area contributed by atoms with E-state index in [9.17, 15) is 9.59 Å². The molecule has 2 heterocycles. The number of nitrogens with one attached hydrogen (secondary N) is 2. The minimum absolute atomic E-state index is 0.00593. The number of H-pyrrole nitrogens is 1. The first-order chi connectivity index (χ1) is 11.0. The lowest BCUT2D eigenvalue weighted by Crippen LogP contribution is -2.15. The highest BCUT2D eigenvalue weighted by molar-refractivity contribution is 7.41. The van der Waals surface area contributed by atoms with Gasteiger partial charge in [0.1, 0.15) is 0 Å². The summed E-state index contributed by atoms with van der Waals surface area (Å²) in [4.78, 5) is 37.6. The van der Waals surface area contributed by atoms with E-state index in [-0.39, 0.29) is 22.6 Å². The molecule has 0 amide bonds. The second kappa shape index (κ2) is 6.10. The lowest BCUT2D eigenvalue weighted by molar-refractivity contribution is 0.108. The van der Waals surface area contributed by atoms with Crippen LogP contribution >= 0.6 is 9.24 Å². The van der Waals surface area contributed by atoms with Crippen molar-refractivity contribution in [2.75, 3.05) is 11.1 Å². The van der Waals surface area contributed by atoms with E-state index in [0.717, 1.165) is 5.69 Å². The van der Waals surface area contributed by atoms with Crippen LogP contribution in [0.3, 0.4) is 0 Å². The maximum Gasteiger partial charge on any atom is 0.280 e.